The highest BCUT2D eigenvalue weighted by atomic mass is 35.5. The van der Waals surface area contributed by atoms with E-state index < -0.39 is 5.97 Å². The Morgan fingerprint density at radius 1 is 1.14 bits per heavy atom. The Kier molecular flexibility index (Phi) is 4.86. The van der Waals surface area contributed by atoms with Gasteiger partial charge >= 0.3 is 5.97 Å². The van der Waals surface area contributed by atoms with Gasteiger partial charge in [0.25, 0.3) is 0 Å². The van der Waals surface area contributed by atoms with Gasteiger partial charge in [-0.3, -0.25) is 4.79 Å². The van der Waals surface area contributed by atoms with E-state index in [1.807, 2.05) is 55.1 Å². The molecule has 0 radical (unpaired) electrons. The number of rotatable bonds is 5. The van der Waals surface area contributed by atoms with E-state index in [1.165, 1.54) is 5.56 Å². The molecule has 0 heterocycles. The van der Waals surface area contributed by atoms with Crippen LogP contribution < -0.4 is 4.90 Å². The maximum atomic E-state index is 11.2. The zero-order chi connectivity index (χ0) is 15.4. The Bertz CT molecular complexity index is 608. The number of halogens is 1. The van der Waals surface area contributed by atoms with Crippen LogP contribution in [0, 0.1) is 6.92 Å². The predicted octanol–water partition coefficient (Wildman–Crippen LogP) is 4.30. The topological polar surface area (TPSA) is 40.5 Å². The summed E-state index contributed by atoms with van der Waals surface area (Å²) < 4.78 is 0. The van der Waals surface area contributed by atoms with Crippen molar-refractivity contribution < 1.29 is 9.90 Å². The fourth-order valence-electron chi connectivity index (χ4n) is 2.26. The molecule has 1 atom stereocenters. The number of nitrogens with zero attached hydrogens (tertiary/aromatic N) is 1. The highest BCUT2D eigenvalue weighted by Gasteiger charge is 2.19. The smallest absolute Gasteiger partial charge is 0.323 e. The monoisotopic (exact) mass is 303 g/mol. The van der Waals surface area contributed by atoms with Crippen molar-refractivity contribution in [2.75, 3.05) is 11.4 Å². The molecule has 0 bridgehead atoms. The van der Waals surface area contributed by atoms with Crippen molar-refractivity contribution in [1.82, 2.24) is 0 Å². The number of aliphatic carboxylic acids is 1. The summed E-state index contributed by atoms with van der Waals surface area (Å²) in [5, 5.41) is 9.81. The highest BCUT2D eigenvalue weighted by Crippen LogP contribution is 2.28. The molecule has 4 heteroatoms. The standard InChI is InChI=1S/C17H18ClNO2/c1-12-3-5-14(6-4-12)13(2)19(11-17(20)21)16-9-7-15(18)8-10-16/h3-10,13H,11H2,1-2H3,(H,20,21). The molecule has 2 aromatic rings. The molecule has 1 N–H and O–H groups in total. The molecule has 110 valence electrons. The van der Waals surface area contributed by atoms with E-state index in [0.717, 1.165) is 11.3 Å². The Balaban J connectivity index is 2.32. The third-order valence-electron chi connectivity index (χ3n) is 3.49. The molecule has 0 aliphatic carbocycles. The van der Waals surface area contributed by atoms with Crippen molar-refractivity contribution in [3.8, 4) is 0 Å². The summed E-state index contributed by atoms with van der Waals surface area (Å²) in [6.45, 7) is 3.97. The van der Waals surface area contributed by atoms with Gasteiger partial charge in [-0.15, -0.1) is 0 Å². The van der Waals surface area contributed by atoms with E-state index in [1.54, 1.807) is 12.1 Å². The summed E-state index contributed by atoms with van der Waals surface area (Å²) in [6.07, 6.45) is 0. The zero-order valence-corrected chi connectivity index (χ0v) is 12.8. The molecule has 0 fully saturated rings. The first kappa shape index (κ1) is 15.4. The molecule has 2 rings (SSSR count). The fraction of sp³-hybridized carbons (Fsp3) is 0.235. The van der Waals surface area contributed by atoms with Gasteiger partial charge in [-0.25, -0.2) is 0 Å². The first-order chi connectivity index (χ1) is 9.97. The summed E-state index contributed by atoms with van der Waals surface area (Å²) in [6, 6.07) is 15.3. The molecule has 21 heavy (non-hydrogen) atoms. The van der Waals surface area contributed by atoms with Gasteiger partial charge in [0, 0.05) is 10.7 Å². The summed E-state index contributed by atoms with van der Waals surface area (Å²) in [5.41, 5.74) is 3.11. The van der Waals surface area contributed by atoms with Crippen LogP contribution in [0.4, 0.5) is 5.69 Å². The number of anilines is 1. The normalized spacial score (nSPS) is 12.0. The number of carbonyl (C=O) groups is 1. The Morgan fingerprint density at radius 2 is 1.71 bits per heavy atom. The van der Waals surface area contributed by atoms with Crippen molar-refractivity contribution in [3.05, 3.63) is 64.7 Å². The van der Waals surface area contributed by atoms with Crippen LogP contribution >= 0.6 is 11.6 Å². The molecular weight excluding hydrogens is 286 g/mol. The maximum absolute atomic E-state index is 11.2. The molecule has 2 aromatic carbocycles. The van der Waals surface area contributed by atoms with E-state index >= 15 is 0 Å². The van der Waals surface area contributed by atoms with Crippen LogP contribution in [0.25, 0.3) is 0 Å². The summed E-state index contributed by atoms with van der Waals surface area (Å²) in [7, 11) is 0. The highest BCUT2D eigenvalue weighted by molar-refractivity contribution is 6.30. The molecule has 0 aliphatic heterocycles. The molecule has 0 amide bonds. The van der Waals surface area contributed by atoms with E-state index in [0.29, 0.717) is 5.02 Å². The predicted molar refractivity (Wildman–Crippen MR) is 86.0 cm³/mol. The van der Waals surface area contributed by atoms with Crippen molar-refractivity contribution in [3.63, 3.8) is 0 Å². The minimum Gasteiger partial charge on any atom is -0.480 e. The largest absolute Gasteiger partial charge is 0.480 e. The van der Waals surface area contributed by atoms with E-state index in [2.05, 4.69) is 0 Å². The average molecular weight is 304 g/mol. The lowest BCUT2D eigenvalue weighted by atomic mass is 10.0. The minimum atomic E-state index is -0.857. The number of benzene rings is 2. The van der Waals surface area contributed by atoms with Crippen molar-refractivity contribution in [2.24, 2.45) is 0 Å². The molecule has 0 aromatic heterocycles. The lowest BCUT2D eigenvalue weighted by molar-refractivity contribution is -0.135. The van der Waals surface area contributed by atoms with Gasteiger partial charge in [-0.1, -0.05) is 41.4 Å². The van der Waals surface area contributed by atoms with Gasteiger partial charge in [-0.2, -0.15) is 0 Å². The summed E-state index contributed by atoms with van der Waals surface area (Å²) in [5.74, 6) is -0.857. The second-order valence-corrected chi connectivity index (χ2v) is 5.52. The SMILES string of the molecule is Cc1ccc(C(C)N(CC(=O)O)c2ccc(Cl)cc2)cc1. The van der Waals surface area contributed by atoms with Gasteiger partial charge < -0.3 is 10.0 Å². The van der Waals surface area contributed by atoms with Crippen LogP contribution in [-0.2, 0) is 4.79 Å². The van der Waals surface area contributed by atoms with Crippen LogP contribution in [-0.4, -0.2) is 17.6 Å². The van der Waals surface area contributed by atoms with Gasteiger partial charge in [0.2, 0.25) is 0 Å². The van der Waals surface area contributed by atoms with Crippen molar-refractivity contribution >= 4 is 23.3 Å². The quantitative estimate of drug-likeness (QED) is 0.895. The molecule has 0 saturated heterocycles. The van der Waals surface area contributed by atoms with Crippen LogP contribution in [0.5, 0.6) is 0 Å². The third-order valence-corrected chi connectivity index (χ3v) is 3.74. The maximum Gasteiger partial charge on any atom is 0.323 e. The second-order valence-electron chi connectivity index (χ2n) is 5.08. The first-order valence-corrected chi connectivity index (χ1v) is 7.16. The van der Waals surface area contributed by atoms with E-state index in [9.17, 15) is 9.90 Å². The lowest BCUT2D eigenvalue weighted by Crippen LogP contribution is -2.32. The first-order valence-electron chi connectivity index (χ1n) is 6.78. The van der Waals surface area contributed by atoms with E-state index in [4.69, 9.17) is 11.6 Å². The zero-order valence-electron chi connectivity index (χ0n) is 12.1. The summed E-state index contributed by atoms with van der Waals surface area (Å²) in [4.78, 5) is 13.0. The lowest BCUT2D eigenvalue weighted by Gasteiger charge is -2.30. The number of hydrogen-bond acceptors (Lipinski definition) is 2. The van der Waals surface area contributed by atoms with Gasteiger partial charge in [0.15, 0.2) is 0 Å². The fourth-order valence-corrected chi connectivity index (χ4v) is 2.38. The van der Waals surface area contributed by atoms with Crippen molar-refractivity contribution in [2.45, 2.75) is 19.9 Å². The number of carboxylic acids is 1. The molecule has 3 nitrogen and oxygen atoms in total. The number of aryl methyl sites for hydroxylation is 1. The van der Waals surface area contributed by atoms with Crippen LogP contribution in [0.2, 0.25) is 5.02 Å². The van der Waals surface area contributed by atoms with Crippen LogP contribution in [0.1, 0.15) is 24.1 Å². The molecule has 1 unspecified atom stereocenters. The van der Waals surface area contributed by atoms with Crippen LogP contribution in [0.3, 0.4) is 0 Å². The molecule has 0 aliphatic rings. The minimum absolute atomic E-state index is 0.0390. The Morgan fingerprint density at radius 3 is 2.24 bits per heavy atom. The van der Waals surface area contributed by atoms with Gasteiger partial charge in [0.05, 0.1) is 6.04 Å². The molecular formula is C17H18ClNO2. The Hall–Kier alpha value is -2.00. The van der Waals surface area contributed by atoms with Crippen LogP contribution in [0.15, 0.2) is 48.5 Å². The van der Waals surface area contributed by atoms with E-state index in [-0.39, 0.29) is 12.6 Å². The molecule has 0 saturated carbocycles. The Labute approximate surface area is 129 Å². The average Bonchev–Trinajstić information content (AvgIpc) is 2.46. The summed E-state index contributed by atoms with van der Waals surface area (Å²) >= 11 is 5.90. The number of carboxylic acid groups (broad SMARTS) is 1. The second kappa shape index (κ2) is 6.64. The van der Waals surface area contributed by atoms with Gasteiger partial charge in [0.1, 0.15) is 6.54 Å². The van der Waals surface area contributed by atoms with Crippen molar-refractivity contribution in [1.29, 1.82) is 0 Å². The number of hydrogen-bond donors (Lipinski definition) is 1. The van der Waals surface area contributed by atoms with Gasteiger partial charge in [-0.05, 0) is 43.7 Å². The third kappa shape index (κ3) is 3.99. The molecule has 0 spiro atoms.